The Morgan fingerprint density at radius 3 is 1.95 bits per heavy atom. The minimum atomic E-state index is -0.598. The Kier molecular flexibility index (Phi) is 12.2. The second-order valence-corrected chi connectivity index (χ2v) is 9.68. The molecule has 0 N–H and O–H groups in total. The third-order valence-electron chi connectivity index (χ3n) is 6.59. The molecule has 0 aliphatic rings. The second kappa shape index (κ2) is 15.9. The summed E-state index contributed by atoms with van der Waals surface area (Å²) in [6.07, 6.45) is 13.4. The van der Waals surface area contributed by atoms with Gasteiger partial charge in [-0.25, -0.2) is 9.18 Å². The summed E-state index contributed by atoms with van der Waals surface area (Å²) < 4.78 is 25.3. The van der Waals surface area contributed by atoms with Crippen LogP contribution in [0, 0.1) is 5.82 Å². The van der Waals surface area contributed by atoms with Crippen molar-refractivity contribution in [3.8, 4) is 22.6 Å². The lowest BCUT2D eigenvalue weighted by Crippen LogP contribution is -2.09. The predicted molar refractivity (Wildman–Crippen MR) is 150 cm³/mol. The highest BCUT2D eigenvalue weighted by Gasteiger charge is 2.13. The molecule has 198 valence electrons. The van der Waals surface area contributed by atoms with E-state index in [0.29, 0.717) is 12.4 Å². The molecular formula is C33H41FO3. The molecule has 0 bridgehead atoms. The van der Waals surface area contributed by atoms with Gasteiger partial charge in [0.1, 0.15) is 5.75 Å². The van der Waals surface area contributed by atoms with Crippen molar-refractivity contribution in [2.45, 2.75) is 84.5 Å². The van der Waals surface area contributed by atoms with Crippen molar-refractivity contribution in [1.29, 1.82) is 0 Å². The average Bonchev–Trinajstić information content (AvgIpc) is 2.92. The molecule has 0 aromatic heterocycles. The van der Waals surface area contributed by atoms with Crippen molar-refractivity contribution in [1.82, 2.24) is 0 Å². The number of aryl methyl sites for hydroxylation is 1. The largest absolute Gasteiger partial charge is 0.491 e. The molecule has 0 spiro atoms. The number of carbonyl (C=O) groups is 1. The van der Waals surface area contributed by atoms with E-state index < -0.39 is 11.8 Å². The van der Waals surface area contributed by atoms with Crippen LogP contribution < -0.4 is 9.47 Å². The molecule has 0 atom stereocenters. The van der Waals surface area contributed by atoms with Crippen LogP contribution in [-0.4, -0.2) is 12.6 Å². The lowest BCUT2D eigenvalue weighted by Gasteiger charge is -2.09. The number of unbranched alkanes of at least 4 members (excludes halogenated alkanes) is 8. The zero-order valence-corrected chi connectivity index (χ0v) is 22.4. The molecule has 3 rings (SSSR count). The summed E-state index contributed by atoms with van der Waals surface area (Å²) in [7, 11) is 0. The Hall–Kier alpha value is -3.14. The van der Waals surface area contributed by atoms with Crippen molar-refractivity contribution in [3.05, 3.63) is 83.7 Å². The van der Waals surface area contributed by atoms with Gasteiger partial charge in [0.15, 0.2) is 11.6 Å². The SMILES string of the molecule is CCCCCCCCCc1ccc(-c2ccc(OC(=O)c3ccc(OCCCCC)c(F)c3)cc2)cc1. The summed E-state index contributed by atoms with van der Waals surface area (Å²) in [5.41, 5.74) is 3.70. The molecular weight excluding hydrogens is 463 g/mol. The fraction of sp³-hybridized carbons (Fsp3) is 0.424. The highest BCUT2D eigenvalue weighted by Crippen LogP contribution is 2.25. The minimum absolute atomic E-state index is 0.152. The Balaban J connectivity index is 1.47. The van der Waals surface area contributed by atoms with Crippen LogP contribution in [0.15, 0.2) is 66.7 Å². The van der Waals surface area contributed by atoms with Crippen molar-refractivity contribution in [2.75, 3.05) is 6.61 Å². The van der Waals surface area contributed by atoms with Crippen molar-refractivity contribution in [3.63, 3.8) is 0 Å². The third-order valence-corrected chi connectivity index (χ3v) is 6.59. The number of rotatable bonds is 16. The van der Waals surface area contributed by atoms with Crippen LogP contribution in [0.3, 0.4) is 0 Å². The van der Waals surface area contributed by atoms with Gasteiger partial charge < -0.3 is 9.47 Å². The summed E-state index contributed by atoms with van der Waals surface area (Å²) >= 11 is 0. The number of benzene rings is 3. The van der Waals surface area contributed by atoms with Gasteiger partial charge in [-0.2, -0.15) is 0 Å². The number of hydrogen-bond donors (Lipinski definition) is 0. The number of ether oxygens (including phenoxy) is 2. The van der Waals surface area contributed by atoms with Gasteiger partial charge in [0.2, 0.25) is 0 Å². The fourth-order valence-electron chi connectivity index (χ4n) is 4.31. The smallest absolute Gasteiger partial charge is 0.343 e. The van der Waals surface area contributed by atoms with Crippen LogP contribution in [0.4, 0.5) is 4.39 Å². The topological polar surface area (TPSA) is 35.5 Å². The molecule has 0 heterocycles. The molecule has 0 saturated carbocycles. The number of esters is 1. The lowest BCUT2D eigenvalue weighted by molar-refractivity contribution is 0.0734. The summed E-state index contributed by atoms with van der Waals surface area (Å²) in [5, 5.41) is 0. The van der Waals surface area contributed by atoms with Crippen LogP contribution in [0.25, 0.3) is 11.1 Å². The van der Waals surface area contributed by atoms with E-state index in [-0.39, 0.29) is 11.3 Å². The van der Waals surface area contributed by atoms with E-state index in [1.54, 1.807) is 12.1 Å². The summed E-state index contributed by atoms with van der Waals surface area (Å²) in [6.45, 7) is 4.82. The molecule has 0 fully saturated rings. The van der Waals surface area contributed by atoms with E-state index in [2.05, 4.69) is 38.1 Å². The fourth-order valence-corrected chi connectivity index (χ4v) is 4.31. The van der Waals surface area contributed by atoms with Gasteiger partial charge in [0, 0.05) is 0 Å². The first-order valence-corrected chi connectivity index (χ1v) is 13.9. The normalized spacial score (nSPS) is 10.9. The van der Waals surface area contributed by atoms with Gasteiger partial charge in [-0.3, -0.25) is 0 Å². The average molecular weight is 505 g/mol. The molecule has 3 aromatic rings. The van der Waals surface area contributed by atoms with Crippen molar-refractivity contribution in [2.24, 2.45) is 0 Å². The molecule has 0 aliphatic carbocycles. The third kappa shape index (κ3) is 9.68. The summed E-state index contributed by atoms with van der Waals surface area (Å²) in [4.78, 5) is 12.5. The number of carbonyl (C=O) groups excluding carboxylic acids is 1. The highest BCUT2D eigenvalue weighted by atomic mass is 19.1. The second-order valence-electron chi connectivity index (χ2n) is 9.68. The van der Waals surface area contributed by atoms with E-state index in [1.807, 2.05) is 12.1 Å². The lowest BCUT2D eigenvalue weighted by atomic mass is 10.0. The maximum Gasteiger partial charge on any atom is 0.343 e. The monoisotopic (exact) mass is 504 g/mol. The zero-order valence-electron chi connectivity index (χ0n) is 22.4. The molecule has 0 radical (unpaired) electrons. The van der Waals surface area contributed by atoms with Crippen molar-refractivity contribution < 1.29 is 18.7 Å². The Bertz CT molecular complexity index is 1070. The highest BCUT2D eigenvalue weighted by molar-refractivity contribution is 5.91. The van der Waals surface area contributed by atoms with E-state index in [9.17, 15) is 9.18 Å². The van der Waals surface area contributed by atoms with Gasteiger partial charge in [0.05, 0.1) is 12.2 Å². The zero-order chi connectivity index (χ0) is 26.3. The molecule has 37 heavy (non-hydrogen) atoms. The van der Waals surface area contributed by atoms with E-state index in [0.717, 1.165) is 36.8 Å². The summed E-state index contributed by atoms with van der Waals surface area (Å²) in [6, 6.07) is 20.3. The van der Waals surface area contributed by atoms with E-state index in [1.165, 1.54) is 68.7 Å². The molecule has 4 heteroatoms. The van der Waals surface area contributed by atoms with Crippen LogP contribution in [0.1, 0.15) is 94.0 Å². The summed E-state index contributed by atoms with van der Waals surface area (Å²) in [5.74, 6) is -0.578. The van der Waals surface area contributed by atoms with Crippen LogP contribution in [-0.2, 0) is 6.42 Å². The van der Waals surface area contributed by atoms with Gasteiger partial charge in [-0.15, -0.1) is 0 Å². The minimum Gasteiger partial charge on any atom is -0.491 e. The van der Waals surface area contributed by atoms with Crippen LogP contribution >= 0.6 is 0 Å². The van der Waals surface area contributed by atoms with Gasteiger partial charge in [0.25, 0.3) is 0 Å². The van der Waals surface area contributed by atoms with Gasteiger partial charge in [-0.05, 0) is 66.3 Å². The van der Waals surface area contributed by atoms with Crippen LogP contribution in [0.2, 0.25) is 0 Å². The van der Waals surface area contributed by atoms with Gasteiger partial charge in [-0.1, -0.05) is 102 Å². The maximum absolute atomic E-state index is 14.3. The Morgan fingerprint density at radius 1 is 0.703 bits per heavy atom. The standard InChI is InChI=1S/C33H41FO3/c1-3-5-7-8-9-10-11-13-26-14-16-27(17-15-26)28-18-21-30(22-19-28)37-33(35)29-20-23-32(31(34)25-29)36-24-12-6-4-2/h14-23,25H,3-13,24H2,1-2H3. The molecule has 3 nitrogen and oxygen atoms in total. The number of halogens is 1. The Morgan fingerprint density at radius 2 is 1.30 bits per heavy atom. The van der Waals surface area contributed by atoms with E-state index in [4.69, 9.17) is 9.47 Å². The first-order chi connectivity index (χ1) is 18.1. The maximum atomic E-state index is 14.3. The molecule has 3 aromatic carbocycles. The quantitative estimate of drug-likeness (QED) is 0.111. The predicted octanol–water partition coefficient (Wildman–Crippen LogP) is 9.57. The Labute approximate surface area is 222 Å². The molecule has 0 amide bonds. The number of hydrogen-bond acceptors (Lipinski definition) is 3. The van der Waals surface area contributed by atoms with Crippen molar-refractivity contribution >= 4 is 5.97 Å². The molecule has 0 saturated heterocycles. The molecule has 0 unspecified atom stereocenters. The van der Waals surface area contributed by atoms with Crippen LogP contribution in [0.5, 0.6) is 11.5 Å². The molecule has 0 aliphatic heterocycles. The first-order valence-electron chi connectivity index (χ1n) is 13.9. The van der Waals surface area contributed by atoms with E-state index >= 15 is 0 Å². The van der Waals surface area contributed by atoms with Gasteiger partial charge >= 0.3 is 5.97 Å². The first kappa shape index (κ1) is 28.4.